The van der Waals surface area contributed by atoms with Crippen molar-refractivity contribution in [2.45, 2.75) is 52.1 Å². The Kier molecular flexibility index (Phi) is 6.20. The molecule has 1 aliphatic heterocycles. The highest BCUT2D eigenvalue weighted by atomic mass is 32.1. The first-order valence-corrected chi connectivity index (χ1v) is 10.0. The van der Waals surface area contributed by atoms with Crippen LogP contribution in [0.15, 0.2) is 0 Å². The van der Waals surface area contributed by atoms with Crippen molar-refractivity contribution in [2.24, 2.45) is 0 Å². The minimum Gasteiger partial charge on any atom is -0.385 e. The third-order valence-electron chi connectivity index (χ3n) is 4.96. The predicted molar refractivity (Wildman–Crippen MR) is 100 cm³/mol. The van der Waals surface area contributed by atoms with Crippen LogP contribution in [0.3, 0.4) is 0 Å². The van der Waals surface area contributed by atoms with Gasteiger partial charge in [-0.15, -0.1) is 10.2 Å². The van der Waals surface area contributed by atoms with E-state index in [1.807, 2.05) is 11.8 Å². The summed E-state index contributed by atoms with van der Waals surface area (Å²) in [6.45, 7) is 9.67. The summed E-state index contributed by atoms with van der Waals surface area (Å²) in [4.78, 5) is 18.0. The number of aromatic nitrogens is 4. The second kappa shape index (κ2) is 8.41. The van der Waals surface area contributed by atoms with E-state index < -0.39 is 0 Å². The number of ether oxygens (including phenoxy) is 1. The van der Waals surface area contributed by atoms with E-state index in [1.54, 1.807) is 11.6 Å². The number of aryl methyl sites for hydroxylation is 2. The lowest BCUT2D eigenvalue weighted by molar-refractivity contribution is -0.135. The number of hydrogen-bond acceptors (Lipinski definition) is 7. The average Bonchev–Trinajstić information content (AvgIpc) is 3.17. The molecule has 0 aliphatic carbocycles. The molecule has 0 saturated carbocycles. The van der Waals surface area contributed by atoms with E-state index in [0.717, 1.165) is 48.5 Å². The fraction of sp³-hybridized carbons (Fsp3) is 0.765. The van der Waals surface area contributed by atoms with Crippen molar-refractivity contribution in [2.75, 3.05) is 33.4 Å². The van der Waals surface area contributed by atoms with E-state index in [4.69, 9.17) is 4.74 Å². The first kappa shape index (κ1) is 19.2. The number of carbonyl (C=O) groups is 1. The SMILES string of the molecule is COCCCN1C(C)CN(C(=O)CCc2nn3c(C)nnc3s2)CC1C. The molecule has 1 aliphatic rings. The Morgan fingerprint density at radius 1 is 1.27 bits per heavy atom. The third-order valence-corrected chi connectivity index (χ3v) is 5.92. The monoisotopic (exact) mass is 380 g/mol. The summed E-state index contributed by atoms with van der Waals surface area (Å²) in [5.74, 6) is 0.990. The van der Waals surface area contributed by atoms with Gasteiger partial charge in [0.2, 0.25) is 10.9 Å². The number of methoxy groups -OCH3 is 1. The van der Waals surface area contributed by atoms with Crippen molar-refractivity contribution in [3.63, 3.8) is 0 Å². The highest BCUT2D eigenvalue weighted by Crippen LogP contribution is 2.19. The zero-order valence-corrected chi connectivity index (χ0v) is 16.8. The van der Waals surface area contributed by atoms with Crippen LogP contribution in [0.4, 0.5) is 0 Å². The number of amides is 1. The number of piperazine rings is 1. The molecular formula is C17H28N6O2S. The lowest BCUT2D eigenvalue weighted by Crippen LogP contribution is -2.58. The molecular weight excluding hydrogens is 352 g/mol. The minimum absolute atomic E-state index is 0.211. The molecule has 26 heavy (non-hydrogen) atoms. The maximum absolute atomic E-state index is 12.7. The van der Waals surface area contributed by atoms with Gasteiger partial charge in [0.1, 0.15) is 5.01 Å². The summed E-state index contributed by atoms with van der Waals surface area (Å²) in [6.07, 6.45) is 2.18. The van der Waals surface area contributed by atoms with Crippen LogP contribution in [-0.4, -0.2) is 81.0 Å². The van der Waals surface area contributed by atoms with Gasteiger partial charge in [-0.2, -0.15) is 9.61 Å². The van der Waals surface area contributed by atoms with E-state index in [-0.39, 0.29) is 5.91 Å². The van der Waals surface area contributed by atoms with E-state index in [0.29, 0.717) is 24.9 Å². The summed E-state index contributed by atoms with van der Waals surface area (Å²) >= 11 is 1.51. The van der Waals surface area contributed by atoms with Gasteiger partial charge in [-0.25, -0.2) is 0 Å². The molecule has 3 rings (SSSR count). The summed E-state index contributed by atoms with van der Waals surface area (Å²) in [6, 6.07) is 0.743. The van der Waals surface area contributed by atoms with Crippen molar-refractivity contribution in [1.82, 2.24) is 29.6 Å². The van der Waals surface area contributed by atoms with Crippen molar-refractivity contribution >= 4 is 22.2 Å². The number of nitrogens with zero attached hydrogens (tertiary/aromatic N) is 6. The lowest BCUT2D eigenvalue weighted by Gasteiger charge is -2.44. The normalized spacial score (nSPS) is 21.6. The first-order valence-electron chi connectivity index (χ1n) is 9.19. The molecule has 0 bridgehead atoms. The summed E-state index contributed by atoms with van der Waals surface area (Å²) in [5, 5.41) is 13.5. The van der Waals surface area contributed by atoms with Gasteiger partial charge in [0, 0.05) is 58.3 Å². The van der Waals surface area contributed by atoms with Gasteiger partial charge in [-0.1, -0.05) is 11.3 Å². The van der Waals surface area contributed by atoms with Gasteiger partial charge in [0.05, 0.1) is 0 Å². The van der Waals surface area contributed by atoms with Gasteiger partial charge in [0.25, 0.3) is 0 Å². The van der Waals surface area contributed by atoms with Gasteiger partial charge in [0.15, 0.2) is 5.82 Å². The quantitative estimate of drug-likeness (QED) is 0.676. The summed E-state index contributed by atoms with van der Waals surface area (Å²) in [7, 11) is 1.74. The predicted octanol–water partition coefficient (Wildman–Crippen LogP) is 1.38. The smallest absolute Gasteiger partial charge is 0.234 e. The number of rotatable bonds is 7. The topological polar surface area (TPSA) is 75.9 Å². The minimum atomic E-state index is 0.211. The van der Waals surface area contributed by atoms with Crippen molar-refractivity contribution in [1.29, 1.82) is 0 Å². The van der Waals surface area contributed by atoms with Crippen molar-refractivity contribution in [3.05, 3.63) is 10.8 Å². The maximum atomic E-state index is 12.7. The molecule has 0 radical (unpaired) electrons. The Hall–Kier alpha value is -1.58. The van der Waals surface area contributed by atoms with Crippen molar-refractivity contribution in [3.8, 4) is 0 Å². The fourth-order valence-corrected chi connectivity index (χ4v) is 4.50. The molecule has 0 N–H and O–H groups in total. The van der Waals surface area contributed by atoms with Crippen LogP contribution in [0.5, 0.6) is 0 Å². The molecule has 1 fully saturated rings. The van der Waals surface area contributed by atoms with Crippen molar-refractivity contribution < 1.29 is 9.53 Å². The molecule has 0 aromatic carbocycles. The molecule has 1 amide bonds. The summed E-state index contributed by atoms with van der Waals surface area (Å²) in [5.41, 5.74) is 0. The molecule has 2 atom stereocenters. The van der Waals surface area contributed by atoms with Gasteiger partial charge >= 0.3 is 0 Å². The standard InChI is InChI=1S/C17H28N6O2S/c1-12-10-21(11-13(2)22(12)8-5-9-25-4)16(24)7-6-15-20-23-14(3)18-19-17(23)26-15/h12-13H,5-11H2,1-4H3. The Labute approximate surface area is 158 Å². The molecule has 9 heteroatoms. The Bertz CT molecular complexity index is 733. The van der Waals surface area contributed by atoms with Crippen LogP contribution in [-0.2, 0) is 16.0 Å². The molecule has 1 saturated heterocycles. The second-order valence-corrected chi connectivity index (χ2v) is 8.06. The van der Waals surface area contributed by atoms with Gasteiger partial charge in [-0.05, 0) is 27.2 Å². The molecule has 2 aromatic rings. The Morgan fingerprint density at radius 2 is 2.00 bits per heavy atom. The zero-order valence-electron chi connectivity index (χ0n) is 16.0. The van der Waals surface area contributed by atoms with E-state index in [9.17, 15) is 4.79 Å². The lowest BCUT2D eigenvalue weighted by atomic mass is 10.1. The number of hydrogen-bond donors (Lipinski definition) is 0. The Morgan fingerprint density at radius 3 is 2.65 bits per heavy atom. The third kappa shape index (κ3) is 4.21. The van der Waals surface area contributed by atoms with E-state index >= 15 is 0 Å². The highest BCUT2D eigenvalue weighted by molar-refractivity contribution is 7.16. The maximum Gasteiger partial charge on any atom is 0.234 e. The van der Waals surface area contributed by atoms with Crippen LogP contribution in [0.1, 0.15) is 37.5 Å². The molecule has 8 nitrogen and oxygen atoms in total. The number of carbonyl (C=O) groups excluding carboxylic acids is 1. The molecule has 0 spiro atoms. The van der Waals surface area contributed by atoms with Crippen LogP contribution >= 0.6 is 11.3 Å². The van der Waals surface area contributed by atoms with Crippen LogP contribution in [0.25, 0.3) is 4.96 Å². The van der Waals surface area contributed by atoms with E-state index in [2.05, 4.69) is 34.0 Å². The first-order chi connectivity index (χ1) is 12.5. The summed E-state index contributed by atoms with van der Waals surface area (Å²) < 4.78 is 6.90. The van der Waals surface area contributed by atoms with Crippen LogP contribution in [0.2, 0.25) is 0 Å². The van der Waals surface area contributed by atoms with E-state index in [1.165, 1.54) is 11.3 Å². The molecule has 2 aromatic heterocycles. The molecule has 144 valence electrons. The van der Waals surface area contributed by atoms with Gasteiger partial charge in [-0.3, -0.25) is 9.69 Å². The molecule has 3 heterocycles. The largest absolute Gasteiger partial charge is 0.385 e. The van der Waals surface area contributed by atoms with Crippen LogP contribution < -0.4 is 0 Å². The highest BCUT2D eigenvalue weighted by Gasteiger charge is 2.31. The second-order valence-electron chi connectivity index (χ2n) is 7.02. The number of fused-ring (bicyclic) bond motifs is 1. The Balaban J connectivity index is 1.51. The van der Waals surface area contributed by atoms with Crippen LogP contribution in [0, 0.1) is 6.92 Å². The molecule has 2 unspecified atom stereocenters. The average molecular weight is 381 g/mol. The fourth-order valence-electron chi connectivity index (χ4n) is 3.62. The van der Waals surface area contributed by atoms with Gasteiger partial charge < -0.3 is 9.64 Å². The zero-order chi connectivity index (χ0) is 18.7.